The molecule has 0 saturated carbocycles. The third-order valence-corrected chi connectivity index (χ3v) is 4.55. The molecule has 0 saturated heterocycles. The summed E-state index contributed by atoms with van der Waals surface area (Å²) in [4.78, 5) is 11.0. The molecule has 0 amide bonds. The van der Waals surface area contributed by atoms with Gasteiger partial charge in [0.05, 0.1) is 5.92 Å². The van der Waals surface area contributed by atoms with Gasteiger partial charge in [0.15, 0.2) is 0 Å². The molecule has 0 spiro atoms. The van der Waals surface area contributed by atoms with Gasteiger partial charge in [-0.05, 0) is 38.5 Å². The second kappa shape index (κ2) is 28.1. The van der Waals surface area contributed by atoms with E-state index in [-0.39, 0.29) is 65.0 Å². The van der Waals surface area contributed by atoms with Crippen LogP contribution in [0.1, 0.15) is 110 Å². The number of carbonyl (C=O) groups is 1. The molecule has 1 atom stereocenters. The zero-order valence-corrected chi connectivity index (χ0v) is 24.6. The molecule has 0 aliphatic carbocycles. The Labute approximate surface area is 229 Å². The molecule has 0 aliphatic heterocycles. The van der Waals surface area contributed by atoms with Crippen molar-refractivity contribution >= 4 is 16.4 Å². The summed E-state index contributed by atoms with van der Waals surface area (Å²) in [5, 5.41) is 9.10. The zero-order chi connectivity index (χ0) is 21.7. The number of hydrogen-bond donors (Lipinski definition) is 1. The maximum Gasteiger partial charge on any atom is 1.00 e. The summed E-state index contributed by atoms with van der Waals surface area (Å²) in [6.07, 6.45) is 22.8. The maximum absolute atomic E-state index is 11.0. The smallest absolute Gasteiger partial charge is 0.759 e. The number of aliphatic carboxylic acids is 1. The standard InChI is InChI=1S/C21H40O2.2Na.H2O4S/c1-3-5-6-7-8-9-10-11-12-13-14-15-16-17-19-20(18-4-2)21(22)23;;;1-5(2,3)4/h11-12,20H,3-10,13-19H2,1-2H3,(H,22,23);;;(H2,1,2,3,4)/q;2*+1;/p-2/b12-11-;;;. The fourth-order valence-corrected chi connectivity index (χ4v) is 3.02. The van der Waals surface area contributed by atoms with Gasteiger partial charge in [0.25, 0.3) is 0 Å². The molecule has 0 aromatic heterocycles. The van der Waals surface area contributed by atoms with Gasteiger partial charge in [-0.2, -0.15) is 0 Å². The first-order chi connectivity index (χ1) is 13.2. The summed E-state index contributed by atoms with van der Waals surface area (Å²) < 4.78 is 34.1. The summed E-state index contributed by atoms with van der Waals surface area (Å²) >= 11 is 0. The molecule has 30 heavy (non-hydrogen) atoms. The molecule has 1 unspecified atom stereocenters. The second-order valence-electron chi connectivity index (χ2n) is 7.25. The Morgan fingerprint density at radius 2 is 1.17 bits per heavy atom. The molecule has 9 heteroatoms. The Kier molecular flexibility index (Phi) is 35.9. The van der Waals surface area contributed by atoms with Gasteiger partial charge in [-0.15, -0.1) is 0 Å². The molecule has 0 bridgehead atoms. The first kappa shape index (κ1) is 38.3. The van der Waals surface area contributed by atoms with Crippen molar-refractivity contribution in [2.75, 3.05) is 0 Å². The Balaban J connectivity index is -0.000000429. The first-order valence-corrected chi connectivity index (χ1v) is 12.1. The quantitative estimate of drug-likeness (QED) is 0.104. The largest absolute Gasteiger partial charge is 1.00 e. The van der Waals surface area contributed by atoms with Gasteiger partial charge >= 0.3 is 65.1 Å². The number of unbranched alkanes of at least 4 members (excludes halogenated alkanes) is 10. The van der Waals surface area contributed by atoms with E-state index >= 15 is 0 Å². The number of allylic oxidation sites excluding steroid dienone is 2. The van der Waals surface area contributed by atoms with Crippen LogP contribution in [0.5, 0.6) is 0 Å². The van der Waals surface area contributed by atoms with E-state index in [0.29, 0.717) is 0 Å². The van der Waals surface area contributed by atoms with Crippen molar-refractivity contribution in [3.63, 3.8) is 0 Å². The third-order valence-electron chi connectivity index (χ3n) is 4.55. The van der Waals surface area contributed by atoms with Gasteiger partial charge in [-0.1, -0.05) is 83.8 Å². The minimum atomic E-state index is -5.17. The molecular formula is C21H40Na2O6S. The van der Waals surface area contributed by atoms with Crippen molar-refractivity contribution in [3.8, 4) is 0 Å². The molecule has 0 radical (unpaired) electrons. The molecule has 1 N–H and O–H groups in total. The number of carboxylic acid groups (broad SMARTS) is 1. The van der Waals surface area contributed by atoms with Gasteiger partial charge in [0.2, 0.25) is 0 Å². The molecular weight excluding hydrogens is 426 g/mol. The molecule has 0 heterocycles. The third kappa shape index (κ3) is 39.5. The molecule has 0 fully saturated rings. The molecule has 168 valence electrons. The topological polar surface area (TPSA) is 118 Å². The van der Waals surface area contributed by atoms with E-state index < -0.39 is 16.4 Å². The normalized spacial score (nSPS) is 11.7. The molecule has 0 aromatic rings. The minimum Gasteiger partial charge on any atom is -0.759 e. The van der Waals surface area contributed by atoms with Crippen molar-refractivity contribution in [3.05, 3.63) is 12.2 Å². The van der Waals surface area contributed by atoms with Crippen LogP contribution in [-0.2, 0) is 15.2 Å². The predicted octanol–water partition coefficient (Wildman–Crippen LogP) is -0.195. The summed E-state index contributed by atoms with van der Waals surface area (Å²) in [5.41, 5.74) is 0. The van der Waals surface area contributed by atoms with Crippen LogP contribution in [-0.4, -0.2) is 28.6 Å². The van der Waals surface area contributed by atoms with Crippen LogP contribution in [0.3, 0.4) is 0 Å². The SMILES string of the molecule is CCCCCCCC/C=C\CCCCCCC(CCC)C(=O)O.O=S(=O)([O-])[O-].[Na+].[Na+]. The number of hydrogen-bond acceptors (Lipinski definition) is 5. The van der Waals surface area contributed by atoms with Crippen LogP contribution in [0.2, 0.25) is 0 Å². The van der Waals surface area contributed by atoms with E-state index in [9.17, 15) is 4.79 Å². The molecule has 0 aromatic carbocycles. The number of carboxylic acids is 1. The Hall–Kier alpha value is 1.08. The van der Waals surface area contributed by atoms with Crippen molar-refractivity contribution in [2.24, 2.45) is 5.92 Å². The van der Waals surface area contributed by atoms with Gasteiger partial charge in [0, 0.05) is 10.4 Å². The van der Waals surface area contributed by atoms with Gasteiger partial charge in [-0.25, -0.2) is 0 Å². The summed E-state index contributed by atoms with van der Waals surface area (Å²) in [5.74, 6) is -0.721. The zero-order valence-electron chi connectivity index (χ0n) is 19.7. The second-order valence-corrected chi connectivity index (χ2v) is 8.07. The fraction of sp³-hybridized carbons (Fsp3) is 0.857. The first-order valence-electron chi connectivity index (χ1n) is 10.8. The van der Waals surface area contributed by atoms with E-state index in [1.165, 1.54) is 70.6 Å². The monoisotopic (exact) mass is 466 g/mol. The fourth-order valence-electron chi connectivity index (χ4n) is 3.02. The average Bonchev–Trinajstić information content (AvgIpc) is 2.59. The van der Waals surface area contributed by atoms with Crippen LogP contribution >= 0.6 is 0 Å². The molecule has 0 aliphatic rings. The predicted molar refractivity (Wildman–Crippen MR) is 111 cm³/mol. The van der Waals surface area contributed by atoms with E-state index in [1.807, 2.05) is 0 Å². The van der Waals surface area contributed by atoms with E-state index in [2.05, 4.69) is 26.0 Å². The van der Waals surface area contributed by atoms with Gasteiger partial charge < -0.3 is 14.2 Å². The summed E-state index contributed by atoms with van der Waals surface area (Å²) in [6, 6.07) is 0. The Morgan fingerprint density at radius 1 is 0.767 bits per heavy atom. The van der Waals surface area contributed by atoms with Crippen molar-refractivity contribution in [2.45, 2.75) is 110 Å². The average molecular weight is 467 g/mol. The van der Waals surface area contributed by atoms with Gasteiger partial charge in [-0.3, -0.25) is 13.2 Å². The minimum absolute atomic E-state index is 0. The van der Waals surface area contributed by atoms with Crippen LogP contribution < -0.4 is 59.1 Å². The van der Waals surface area contributed by atoms with Crippen LogP contribution in [0.25, 0.3) is 0 Å². The summed E-state index contributed by atoms with van der Waals surface area (Å²) in [7, 11) is -5.17. The Bertz CT molecular complexity index is 476. The maximum atomic E-state index is 11.0. The van der Waals surface area contributed by atoms with E-state index in [0.717, 1.165) is 25.7 Å². The van der Waals surface area contributed by atoms with Crippen molar-refractivity contribution in [1.29, 1.82) is 0 Å². The van der Waals surface area contributed by atoms with Crippen molar-refractivity contribution < 1.29 is 86.5 Å². The molecule has 0 rings (SSSR count). The van der Waals surface area contributed by atoms with Crippen molar-refractivity contribution in [1.82, 2.24) is 0 Å². The molecule has 6 nitrogen and oxygen atoms in total. The van der Waals surface area contributed by atoms with E-state index in [4.69, 9.17) is 22.6 Å². The number of rotatable bonds is 17. The van der Waals surface area contributed by atoms with Crippen LogP contribution in [0, 0.1) is 5.92 Å². The van der Waals surface area contributed by atoms with E-state index in [1.54, 1.807) is 0 Å². The Morgan fingerprint density at radius 3 is 1.57 bits per heavy atom. The summed E-state index contributed by atoms with van der Waals surface area (Å²) in [6.45, 7) is 4.33. The van der Waals surface area contributed by atoms with Crippen LogP contribution in [0.4, 0.5) is 0 Å². The van der Waals surface area contributed by atoms with Gasteiger partial charge in [0.1, 0.15) is 0 Å². The van der Waals surface area contributed by atoms with Crippen LogP contribution in [0.15, 0.2) is 12.2 Å².